The number of H-pyrrole nitrogens is 1. The first-order valence-electron chi connectivity index (χ1n) is 4.76. The van der Waals surface area contributed by atoms with Gasteiger partial charge in [0.2, 0.25) is 0 Å². The van der Waals surface area contributed by atoms with Gasteiger partial charge >= 0.3 is 0 Å². The number of carbonyl (C=O) groups is 1. The molecule has 1 aromatic rings. The van der Waals surface area contributed by atoms with Crippen molar-refractivity contribution >= 4 is 11.7 Å². The van der Waals surface area contributed by atoms with Crippen LogP contribution in [0, 0.1) is 5.92 Å². The van der Waals surface area contributed by atoms with Gasteiger partial charge in [-0.3, -0.25) is 9.89 Å². The number of amides is 1. The number of carbonyl (C=O) groups excluding carboxylic acids is 1. The minimum Gasteiger partial charge on any atom is -0.383 e. The van der Waals surface area contributed by atoms with Crippen molar-refractivity contribution in [2.75, 3.05) is 5.73 Å². The average molecular weight is 194 g/mol. The fourth-order valence-electron chi connectivity index (χ4n) is 1.76. The van der Waals surface area contributed by atoms with E-state index in [1.807, 2.05) is 0 Å². The quantitative estimate of drug-likeness (QED) is 0.641. The first kappa shape index (κ1) is 9.05. The van der Waals surface area contributed by atoms with Crippen LogP contribution in [0.25, 0.3) is 0 Å². The Morgan fingerprint density at radius 1 is 1.71 bits per heavy atom. The number of rotatable bonds is 2. The molecule has 1 amide bonds. The van der Waals surface area contributed by atoms with E-state index in [0.29, 0.717) is 17.4 Å². The highest BCUT2D eigenvalue weighted by Gasteiger charge is 2.27. The summed E-state index contributed by atoms with van der Waals surface area (Å²) in [6.45, 7) is 2.18. The number of nitrogens with zero attached hydrogens (tertiary/aromatic N) is 1. The minimum absolute atomic E-state index is 0.131. The molecule has 0 spiro atoms. The van der Waals surface area contributed by atoms with Crippen LogP contribution in [0.3, 0.4) is 0 Å². The van der Waals surface area contributed by atoms with E-state index in [0.717, 1.165) is 18.8 Å². The molecule has 0 unspecified atom stereocenters. The second-order valence-electron chi connectivity index (χ2n) is 3.94. The van der Waals surface area contributed by atoms with Gasteiger partial charge in [-0.2, -0.15) is 5.10 Å². The number of nitrogens with two attached hydrogens (primary N) is 1. The molecule has 1 heterocycles. The highest BCUT2D eigenvalue weighted by atomic mass is 16.1. The molecular weight excluding hydrogens is 180 g/mol. The number of aromatic amines is 1. The number of hydrogen-bond acceptors (Lipinski definition) is 3. The van der Waals surface area contributed by atoms with Crippen LogP contribution in [0.15, 0.2) is 6.20 Å². The molecule has 1 fully saturated rings. The monoisotopic (exact) mass is 194 g/mol. The molecule has 1 saturated carbocycles. The first-order valence-corrected chi connectivity index (χ1v) is 4.76. The molecular formula is C9H14N4O. The van der Waals surface area contributed by atoms with Gasteiger partial charge in [0, 0.05) is 6.04 Å². The molecule has 0 aliphatic heterocycles. The van der Waals surface area contributed by atoms with E-state index < -0.39 is 0 Å². The molecule has 4 N–H and O–H groups in total. The third-order valence-corrected chi connectivity index (χ3v) is 2.62. The third kappa shape index (κ3) is 1.57. The largest absolute Gasteiger partial charge is 0.383 e. The van der Waals surface area contributed by atoms with Crippen LogP contribution in [-0.4, -0.2) is 22.1 Å². The highest BCUT2D eigenvalue weighted by Crippen LogP contribution is 2.26. The van der Waals surface area contributed by atoms with Crippen molar-refractivity contribution in [2.45, 2.75) is 25.8 Å². The van der Waals surface area contributed by atoms with Crippen LogP contribution < -0.4 is 11.1 Å². The maximum Gasteiger partial charge on any atom is 0.256 e. The fourth-order valence-corrected chi connectivity index (χ4v) is 1.76. The van der Waals surface area contributed by atoms with E-state index in [1.165, 1.54) is 6.20 Å². The van der Waals surface area contributed by atoms with Crippen molar-refractivity contribution in [3.8, 4) is 0 Å². The average Bonchev–Trinajstić information content (AvgIpc) is 2.48. The van der Waals surface area contributed by atoms with Gasteiger partial charge in [-0.05, 0) is 18.8 Å². The predicted molar refractivity (Wildman–Crippen MR) is 52.7 cm³/mol. The predicted octanol–water partition coefficient (Wildman–Crippen LogP) is 0.520. The van der Waals surface area contributed by atoms with E-state index in [4.69, 9.17) is 5.73 Å². The maximum absolute atomic E-state index is 11.6. The summed E-state index contributed by atoms with van der Waals surface area (Å²) in [5.74, 6) is 0.921. The molecule has 0 aromatic carbocycles. The third-order valence-electron chi connectivity index (χ3n) is 2.62. The van der Waals surface area contributed by atoms with Gasteiger partial charge in [0.15, 0.2) is 0 Å². The molecule has 0 bridgehead atoms. The number of hydrogen-bond donors (Lipinski definition) is 3. The molecule has 14 heavy (non-hydrogen) atoms. The molecule has 2 rings (SSSR count). The van der Waals surface area contributed by atoms with Crippen molar-refractivity contribution in [1.82, 2.24) is 15.5 Å². The number of aromatic nitrogens is 2. The summed E-state index contributed by atoms with van der Waals surface area (Å²) >= 11 is 0. The van der Waals surface area contributed by atoms with Crippen molar-refractivity contribution in [3.63, 3.8) is 0 Å². The Bertz CT molecular complexity index is 340. The molecule has 1 aliphatic rings. The number of anilines is 1. The molecule has 0 saturated heterocycles. The molecule has 1 aliphatic carbocycles. The van der Waals surface area contributed by atoms with Gasteiger partial charge in [-0.25, -0.2) is 0 Å². The van der Waals surface area contributed by atoms with Crippen LogP contribution in [0.4, 0.5) is 5.82 Å². The Hall–Kier alpha value is -1.52. The minimum atomic E-state index is -0.131. The van der Waals surface area contributed by atoms with Gasteiger partial charge in [0.1, 0.15) is 11.4 Å². The topological polar surface area (TPSA) is 83.8 Å². The Labute approximate surface area is 82.1 Å². The molecule has 1 aromatic heterocycles. The lowest BCUT2D eigenvalue weighted by molar-refractivity contribution is 0.0897. The SMILES string of the molecule is CC1CC(NC(=O)c2cn[nH]c2N)C1. The molecule has 5 nitrogen and oxygen atoms in total. The van der Waals surface area contributed by atoms with Crippen LogP contribution in [0.1, 0.15) is 30.1 Å². The summed E-state index contributed by atoms with van der Waals surface area (Å²) in [4.78, 5) is 11.6. The van der Waals surface area contributed by atoms with Gasteiger partial charge < -0.3 is 11.1 Å². The number of nitrogens with one attached hydrogen (secondary N) is 2. The fraction of sp³-hybridized carbons (Fsp3) is 0.556. The lowest BCUT2D eigenvalue weighted by Gasteiger charge is -2.33. The van der Waals surface area contributed by atoms with Crippen molar-refractivity contribution in [1.29, 1.82) is 0 Å². The van der Waals surface area contributed by atoms with Gasteiger partial charge in [-0.15, -0.1) is 0 Å². The summed E-state index contributed by atoms with van der Waals surface area (Å²) < 4.78 is 0. The standard InChI is InChI=1S/C9H14N4O/c1-5-2-6(3-5)12-9(14)7-4-11-13-8(7)10/h4-6H,2-3H2,1H3,(H,12,14)(H3,10,11,13). The molecule has 0 atom stereocenters. The smallest absolute Gasteiger partial charge is 0.256 e. The summed E-state index contributed by atoms with van der Waals surface area (Å²) in [5.41, 5.74) is 5.96. The summed E-state index contributed by atoms with van der Waals surface area (Å²) in [6.07, 6.45) is 3.57. The lowest BCUT2D eigenvalue weighted by atomic mass is 9.82. The molecule has 5 heteroatoms. The maximum atomic E-state index is 11.6. The summed E-state index contributed by atoms with van der Waals surface area (Å²) in [6, 6.07) is 0.312. The van der Waals surface area contributed by atoms with Crippen LogP contribution in [0.2, 0.25) is 0 Å². The van der Waals surface area contributed by atoms with E-state index >= 15 is 0 Å². The number of nitrogen functional groups attached to an aromatic ring is 1. The lowest BCUT2D eigenvalue weighted by Crippen LogP contribution is -2.43. The summed E-state index contributed by atoms with van der Waals surface area (Å²) in [5, 5.41) is 9.14. The van der Waals surface area contributed by atoms with Crippen LogP contribution in [0.5, 0.6) is 0 Å². The second kappa shape index (κ2) is 3.32. The van der Waals surface area contributed by atoms with Gasteiger partial charge in [-0.1, -0.05) is 6.92 Å². The van der Waals surface area contributed by atoms with Crippen LogP contribution >= 0.6 is 0 Å². The summed E-state index contributed by atoms with van der Waals surface area (Å²) in [7, 11) is 0. The molecule has 76 valence electrons. The van der Waals surface area contributed by atoms with Crippen LogP contribution in [-0.2, 0) is 0 Å². The second-order valence-corrected chi connectivity index (χ2v) is 3.94. The zero-order valence-electron chi connectivity index (χ0n) is 8.08. The van der Waals surface area contributed by atoms with E-state index in [9.17, 15) is 4.79 Å². The highest BCUT2D eigenvalue weighted by molar-refractivity contribution is 5.98. The van der Waals surface area contributed by atoms with Gasteiger partial charge in [0.25, 0.3) is 5.91 Å². The van der Waals surface area contributed by atoms with E-state index in [1.54, 1.807) is 0 Å². The molecule has 0 radical (unpaired) electrons. The van der Waals surface area contributed by atoms with Gasteiger partial charge in [0.05, 0.1) is 6.20 Å². The van der Waals surface area contributed by atoms with Crippen molar-refractivity contribution in [2.24, 2.45) is 5.92 Å². The normalized spacial score (nSPS) is 25.5. The Morgan fingerprint density at radius 3 is 2.93 bits per heavy atom. The van der Waals surface area contributed by atoms with Crippen molar-refractivity contribution < 1.29 is 4.79 Å². The Kier molecular flexibility index (Phi) is 2.15. The zero-order valence-corrected chi connectivity index (χ0v) is 8.08. The Balaban J connectivity index is 1.93. The van der Waals surface area contributed by atoms with E-state index in [-0.39, 0.29) is 5.91 Å². The Morgan fingerprint density at radius 2 is 2.43 bits per heavy atom. The van der Waals surface area contributed by atoms with E-state index in [2.05, 4.69) is 22.4 Å². The zero-order chi connectivity index (χ0) is 10.1. The van der Waals surface area contributed by atoms with Crippen molar-refractivity contribution in [3.05, 3.63) is 11.8 Å². The first-order chi connectivity index (χ1) is 6.66.